The predicted octanol–water partition coefficient (Wildman–Crippen LogP) is 0.830. The minimum absolute atomic E-state index is 0.169. The first-order valence-electron chi connectivity index (χ1n) is 6.20. The van der Waals surface area contributed by atoms with Crippen LogP contribution in [0.1, 0.15) is 24.8 Å². The maximum Gasteiger partial charge on any atom is 0.331 e. The molecule has 2 fully saturated rings. The molecule has 2 aliphatic rings. The fraction of sp³-hybridized carbons (Fsp3) is 0.385. The summed E-state index contributed by atoms with van der Waals surface area (Å²) in [6.45, 7) is 0.169. The number of imide groups is 2. The summed E-state index contributed by atoms with van der Waals surface area (Å²) in [4.78, 5) is 41.0. The lowest BCUT2D eigenvalue weighted by molar-refractivity contribution is -0.158. The van der Waals surface area contributed by atoms with Crippen molar-refractivity contribution in [3.63, 3.8) is 0 Å². The van der Waals surface area contributed by atoms with Crippen molar-refractivity contribution >= 4 is 17.8 Å². The number of carbonyl (C=O) groups excluding carboxylic acids is 3. The van der Waals surface area contributed by atoms with Crippen molar-refractivity contribution < 1.29 is 14.4 Å². The Balaban J connectivity index is 1.86. The number of urea groups is 1. The summed E-state index contributed by atoms with van der Waals surface area (Å²) in [6, 6.07) is 2.85. The number of hydrogen-bond donors (Lipinski definition) is 1. The number of pyridine rings is 1. The van der Waals surface area contributed by atoms with Crippen LogP contribution in [-0.4, -0.2) is 27.7 Å². The molecule has 3 rings (SSSR count). The summed E-state index contributed by atoms with van der Waals surface area (Å²) in [5.41, 5.74) is -0.191. The highest BCUT2D eigenvalue weighted by atomic mass is 16.2. The van der Waals surface area contributed by atoms with Crippen molar-refractivity contribution in [1.29, 1.82) is 0 Å². The van der Waals surface area contributed by atoms with Gasteiger partial charge in [0.2, 0.25) is 11.8 Å². The molecule has 0 bridgehead atoms. The topological polar surface area (TPSA) is 79.4 Å². The van der Waals surface area contributed by atoms with E-state index in [1.54, 1.807) is 24.5 Å². The minimum atomic E-state index is -0.999. The normalized spacial score (nSPS) is 21.3. The first kappa shape index (κ1) is 11.8. The van der Waals surface area contributed by atoms with E-state index in [1.165, 1.54) is 0 Å². The Kier molecular flexibility index (Phi) is 2.58. The van der Waals surface area contributed by atoms with Gasteiger partial charge >= 0.3 is 6.03 Å². The first-order chi connectivity index (χ1) is 9.13. The van der Waals surface area contributed by atoms with Crippen LogP contribution in [0.3, 0.4) is 0 Å². The van der Waals surface area contributed by atoms with Gasteiger partial charge in [-0.1, -0.05) is 6.42 Å². The summed E-state index contributed by atoms with van der Waals surface area (Å²) in [7, 11) is 0. The standard InChI is InChI=1S/C13H13N3O3/c17-10-13(4-1-5-13)11(18)16(12(19)15-10)8-9-2-6-14-7-3-9/h2-3,6-7H,1,4-5,8H2,(H,15,17,19). The molecule has 0 aromatic carbocycles. The number of nitrogens with one attached hydrogen (secondary N) is 1. The van der Waals surface area contributed by atoms with Crippen LogP contribution in [-0.2, 0) is 16.1 Å². The van der Waals surface area contributed by atoms with Crippen LogP contribution in [0.25, 0.3) is 0 Å². The smallest absolute Gasteiger partial charge is 0.277 e. The second-order valence-electron chi connectivity index (χ2n) is 4.94. The van der Waals surface area contributed by atoms with Crippen LogP contribution < -0.4 is 5.32 Å². The van der Waals surface area contributed by atoms with Gasteiger partial charge in [0.05, 0.1) is 6.54 Å². The summed E-state index contributed by atoms with van der Waals surface area (Å²) in [6.07, 6.45) is 5.10. The van der Waals surface area contributed by atoms with E-state index in [0.717, 1.165) is 16.9 Å². The third-order valence-electron chi connectivity index (χ3n) is 3.85. The molecule has 0 atom stereocenters. The Bertz CT molecular complexity index is 552. The number of amides is 4. The molecule has 0 radical (unpaired) electrons. The van der Waals surface area contributed by atoms with Crippen molar-refractivity contribution in [2.24, 2.45) is 5.41 Å². The number of rotatable bonds is 2. The molecule has 1 aromatic rings. The van der Waals surface area contributed by atoms with Gasteiger partial charge in [-0.05, 0) is 30.5 Å². The lowest BCUT2D eigenvalue weighted by atomic mass is 9.66. The molecular weight excluding hydrogens is 246 g/mol. The van der Waals surface area contributed by atoms with E-state index in [0.29, 0.717) is 12.8 Å². The van der Waals surface area contributed by atoms with Gasteiger partial charge in [0.25, 0.3) is 0 Å². The molecule has 1 spiro atoms. The van der Waals surface area contributed by atoms with E-state index in [4.69, 9.17) is 0 Å². The molecule has 19 heavy (non-hydrogen) atoms. The van der Waals surface area contributed by atoms with Gasteiger partial charge in [-0.25, -0.2) is 4.79 Å². The minimum Gasteiger partial charge on any atom is -0.277 e. The van der Waals surface area contributed by atoms with Gasteiger partial charge in [0, 0.05) is 12.4 Å². The van der Waals surface area contributed by atoms with Gasteiger partial charge in [-0.3, -0.25) is 24.8 Å². The van der Waals surface area contributed by atoms with Gasteiger partial charge < -0.3 is 0 Å². The molecule has 0 unspecified atom stereocenters. The molecule has 1 saturated carbocycles. The third kappa shape index (κ3) is 1.71. The monoisotopic (exact) mass is 259 g/mol. The molecular formula is C13H13N3O3. The van der Waals surface area contributed by atoms with Crippen molar-refractivity contribution in [2.75, 3.05) is 0 Å². The van der Waals surface area contributed by atoms with Crippen molar-refractivity contribution in [1.82, 2.24) is 15.2 Å². The van der Waals surface area contributed by atoms with Crippen LogP contribution >= 0.6 is 0 Å². The van der Waals surface area contributed by atoms with Gasteiger partial charge in [0.1, 0.15) is 5.41 Å². The highest BCUT2D eigenvalue weighted by Gasteiger charge is 2.57. The van der Waals surface area contributed by atoms with E-state index in [2.05, 4.69) is 10.3 Å². The molecule has 6 heteroatoms. The molecule has 1 aromatic heterocycles. The zero-order valence-electron chi connectivity index (χ0n) is 10.3. The summed E-state index contributed by atoms with van der Waals surface area (Å²) >= 11 is 0. The van der Waals surface area contributed by atoms with E-state index >= 15 is 0 Å². The molecule has 6 nitrogen and oxygen atoms in total. The van der Waals surface area contributed by atoms with Gasteiger partial charge in [0.15, 0.2) is 0 Å². The van der Waals surface area contributed by atoms with Crippen LogP contribution in [0.4, 0.5) is 4.79 Å². The van der Waals surface area contributed by atoms with Crippen LogP contribution in [0, 0.1) is 5.41 Å². The number of carbonyl (C=O) groups is 3. The van der Waals surface area contributed by atoms with Crippen molar-refractivity contribution in [3.8, 4) is 0 Å². The number of barbiturate groups is 1. The Labute approximate surface area is 109 Å². The van der Waals surface area contributed by atoms with Crippen molar-refractivity contribution in [2.45, 2.75) is 25.8 Å². The fourth-order valence-electron chi connectivity index (χ4n) is 2.52. The second kappa shape index (κ2) is 4.15. The Hall–Kier alpha value is -2.24. The molecule has 1 aliphatic carbocycles. The third-order valence-corrected chi connectivity index (χ3v) is 3.85. The van der Waals surface area contributed by atoms with E-state index in [-0.39, 0.29) is 12.5 Å². The van der Waals surface area contributed by atoms with E-state index < -0.39 is 17.4 Å². The number of hydrogen-bond acceptors (Lipinski definition) is 4. The van der Waals surface area contributed by atoms with Crippen LogP contribution in [0.5, 0.6) is 0 Å². The SMILES string of the molecule is O=C1NC(=O)C2(CCC2)C(=O)N1Cc1ccncc1. The summed E-state index contributed by atoms with van der Waals surface area (Å²) < 4.78 is 0. The zero-order chi connectivity index (χ0) is 13.5. The summed E-state index contributed by atoms with van der Waals surface area (Å²) in [5, 5.41) is 2.28. The van der Waals surface area contributed by atoms with Gasteiger partial charge in [-0.15, -0.1) is 0 Å². The highest BCUT2D eigenvalue weighted by Crippen LogP contribution is 2.44. The van der Waals surface area contributed by atoms with Crippen molar-refractivity contribution in [3.05, 3.63) is 30.1 Å². The average molecular weight is 259 g/mol. The molecule has 98 valence electrons. The molecule has 1 aliphatic heterocycles. The highest BCUT2D eigenvalue weighted by molar-refractivity contribution is 6.19. The van der Waals surface area contributed by atoms with Crippen LogP contribution in [0.2, 0.25) is 0 Å². The number of aromatic nitrogens is 1. The largest absolute Gasteiger partial charge is 0.331 e. The molecule has 1 N–H and O–H groups in total. The molecule has 1 saturated heterocycles. The quantitative estimate of drug-likeness (QED) is 0.798. The Morgan fingerprint density at radius 1 is 1.21 bits per heavy atom. The van der Waals surface area contributed by atoms with Gasteiger partial charge in [-0.2, -0.15) is 0 Å². The Morgan fingerprint density at radius 2 is 1.89 bits per heavy atom. The zero-order valence-corrected chi connectivity index (χ0v) is 10.3. The maximum absolute atomic E-state index is 12.4. The molecule has 2 heterocycles. The maximum atomic E-state index is 12.4. The lowest BCUT2D eigenvalue weighted by Crippen LogP contribution is -2.65. The number of nitrogens with zero attached hydrogens (tertiary/aromatic N) is 2. The predicted molar refractivity (Wildman–Crippen MR) is 64.6 cm³/mol. The lowest BCUT2D eigenvalue weighted by Gasteiger charge is -2.44. The van der Waals surface area contributed by atoms with Crippen LogP contribution in [0.15, 0.2) is 24.5 Å². The first-order valence-corrected chi connectivity index (χ1v) is 6.20. The Morgan fingerprint density at radius 3 is 2.47 bits per heavy atom. The van der Waals surface area contributed by atoms with E-state index in [1.807, 2.05) is 0 Å². The summed E-state index contributed by atoms with van der Waals surface area (Å²) in [5.74, 6) is -0.816. The average Bonchev–Trinajstić information content (AvgIpc) is 2.34. The second-order valence-corrected chi connectivity index (χ2v) is 4.94. The van der Waals surface area contributed by atoms with E-state index in [9.17, 15) is 14.4 Å². The fourth-order valence-corrected chi connectivity index (χ4v) is 2.52. The molecule has 4 amide bonds.